The van der Waals surface area contributed by atoms with E-state index in [0.717, 1.165) is 25.1 Å². The second-order valence-corrected chi connectivity index (χ2v) is 12.1. The number of Topliss-reactive ketones (excluding diaryl/α,β-unsaturated/α-hetero) is 1. The van der Waals surface area contributed by atoms with Gasteiger partial charge in [-0.05, 0) is 74.3 Å². The molecule has 1 saturated heterocycles. The van der Waals surface area contributed by atoms with Gasteiger partial charge in [0.2, 0.25) is 0 Å². The van der Waals surface area contributed by atoms with Crippen LogP contribution in [0.2, 0.25) is 0 Å². The van der Waals surface area contributed by atoms with E-state index in [1.165, 1.54) is 0 Å². The largest absolute Gasteiger partial charge is 0.393 e. The van der Waals surface area contributed by atoms with Crippen LogP contribution in [-0.4, -0.2) is 80.4 Å². The first kappa shape index (κ1) is 23.6. The van der Waals surface area contributed by atoms with Crippen LogP contribution in [0.5, 0.6) is 0 Å². The van der Waals surface area contributed by atoms with Gasteiger partial charge in [0, 0.05) is 30.3 Å². The monoisotopic (exact) mass is 461 g/mol. The number of aliphatic hydroxyl groups is 4. The molecule has 0 aromatic heterocycles. The molecular formula is C26H39NO6. The lowest BCUT2D eigenvalue weighted by molar-refractivity contribution is -0.154. The third kappa shape index (κ3) is 3.41. The van der Waals surface area contributed by atoms with Crippen molar-refractivity contribution in [3.8, 4) is 0 Å². The SMILES string of the molecule is CC12CC(O)C(O)CC1C(=O)C=C1C2CCC2(C)C(C(=O)CN3CCC(O)CC3)CC[C@@]12O. The molecule has 4 fully saturated rings. The van der Waals surface area contributed by atoms with E-state index in [9.17, 15) is 30.0 Å². The highest BCUT2D eigenvalue weighted by molar-refractivity contribution is 5.95. The van der Waals surface area contributed by atoms with Gasteiger partial charge in [-0.1, -0.05) is 13.8 Å². The molecule has 0 aromatic carbocycles. The molecule has 3 saturated carbocycles. The Morgan fingerprint density at radius 3 is 2.42 bits per heavy atom. The fraction of sp³-hybridized carbons (Fsp3) is 0.846. The van der Waals surface area contributed by atoms with Gasteiger partial charge < -0.3 is 20.4 Å². The number of fused-ring (bicyclic) bond motifs is 5. The standard InChI is InChI=1S/C26H39NO6/c1-24-13-22(31)21(30)12-19(24)20(29)11-18-16(24)3-7-25(2)17(4-8-26(18,25)33)23(32)14-27-9-5-15(28)6-10-27/h11,15-17,19,21-22,28,30-31,33H,3-10,12-14H2,1-2H3/t16?,17?,19?,21?,22?,24?,25?,26-/m1/s1. The van der Waals surface area contributed by atoms with Crippen LogP contribution < -0.4 is 0 Å². The number of ketones is 2. The van der Waals surface area contributed by atoms with Crippen LogP contribution in [0, 0.1) is 28.6 Å². The first-order chi connectivity index (χ1) is 15.5. The molecule has 7 nitrogen and oxygen atoms in total. The van der Waals surface area contributed by atoms with Crippen LogP contribution in [0.3, 0.4) is 0 Å². The summed E-state index contributed by atoms with van der Waals surface area (Å²) >= 11 is 0. The Kier molecular flexibility index (Phi) is 5.69. The Bertz CT molecular complexity index is 865. The Morgan fingerprint density at radius 2 is 1.73 bits per heavy atom. The molecule has 33 heavy (non-hydrogen) atoms. The molecule has 7 heteroatoms. The molecule has 0 amide bonds. The summed E-state index contributed by atoms with van der Waals surface area (Å²) in [7, 11) is 0. The van der Waals surface area contributed by atoms with E-state index in [2.05, 4.69) is 4.90 Å². The molecule has 7 unspecified atom stereocenters. The van der Waals surface area contributed by atoms with Crippen LogP contribution in [-0.2, 0) is 9.59 Å². The van der Waals surface area contributed by atoms with Gasteiger partial charge in [-0.2, -0.15) is 0 Å². The second kappa shape index (κ2) is 7.95. The van der Waals surface area contributed by atoms with Gasteiger partial charge in [-0.25, -0.2) is 0 Å². The number of likely N-dealkylation sites (tertiary alicyclic amines) is 1. The van der Waals surface area contributed by atoms with Crippen LogP contribution in [0.25, 0.3) is 0 Å². The normalized spacial score (nSPS) is 48.6. The molecule has 0 bridgehead atoms. The summed E-state index contributed by atoms with van der Waals surface area (Å²) in [5.41, 5.74) is -1.54. The Hall–Kier alpha value is -1.12. The molecule has 0 spiro atoms. The fourth-order valence-electron chi connectivity index (χ4n) is 8.29. The van der Waals surface area contributed by atoms with Crippen LogP contribution in [0.4, 0.5) is 0 Å². The highest BCUT2D eigenvalue weighted by atomic mass is 16.3. The van der Waals surface area contributed by atoms with Crippen LogP contribution >= 0.6 is 0 Å². The summed E-state index contributed by atoms with van der Waals surface area (Å²) < 4.78 is 0. The van der Waals surface area contributed by atoms with Crippen LogP contribution in [0.15, 0.2) is 11.6 Å². The number of hydrogen-bond acceptors (Lipinski definition) is 7. The number of piperidine rings is 1. The van der Waals surface area contributed by atoms with Crippen molar-refractivity contribution in [2.45, 2.75) is 89.1 Å². The second-order valence-electron chi connectivity index (χ2n) is 12.1. The Morgan fingerprint density at radius 1 is 1.03 bits per heavy atom. The third-order valence-corrected chi connectivity index (χ3v) is 10.4. The summed E-state index contributed by atoms with van der Waals surface area (Å²) in [6.07, 6.45) is 4.17. The van der Waals surface area contributed by atoms with Crippen molar-refractivity contribution < 1.29 is 30.0 Å². The van der Waals surface area contributed by atoms with Crippen molar-refractivity contribution >= 4 is 11.6 Å². The van der Waals surface area contributed by atoms with Crippen molar-refractivity contribution in [3.05, 3.63) is 11.6 Å². The highest BCUT2D eigenvalue weighted by Gasteiger charge is 2.67. The number of carbonyl (C=O) groups excluding carboxylic acids is 2. The molecule has 5 rings (SSSR count). The van der Waals surface area contributed by atoms with Gasteiger partial charge in [0.25, 0.3) is 0 Å². The van der Waals surface area contributed by atoms with Gasteiger partial charge in [-0.3, -0.25) is 14.5 Å². The van der Waals surface area contributed by atoms with E-state index < -0.39 is 28.6 Å². The minimum atomic E-state index is -1.20. The molecule has 0 aromatic rings. The van der Waals surface area contributed by atoms with Gasteiger partial charge >= 0.3 is 0 Å². The number of allylic oxidation sites excluding steroid dienone is 1. The molecule has 0 radical (unpaired) electrons. The third-order valence-electron chi connectivity index (χ3n) is 10.4. The number of hydrogen-bond donors (Lipinski definition) is 4. The van der Waals surface area contributed by atoms with Gasteiger partial charge in [0.15, 0.2) is 11.6 Å². The van der Waals surface area contributed by atoms with Crippen molar-refractivity contribution in [3.63, 3.8) is 0 Å². The summed E-state index contributed by atoms with van der Waals surface area (Å²) in [6.45, 7) is 5.86. The van der Waals surface area contributed by atoms with Gasteiger partial charge in [0.1, 0.15) is 0 Å². The average molecular weight is 462 g/mol. The Labute approximate surface area is 195 Å². The van der Waals surface area contributed by atoms with E-state index in [4.69, 9.17) is 0 Å². The summed E-state index contributed by atoms with van der Waals surface area (Å²) in [6, 6.07) is 0. The maximum atomic E-state index is 13.4. The lowest BCUT2D eigenvalue weighted by Crippen LogP contribution is -2.61. The highest BCUT2D eigenvalue weighted by Crippen LogP contribution is 2.67. The zero-order valence-electron chi connectivity index (χ0n) is 19.9. The predicted octanol–water partition coefficient (Wildman–Crippen LogP) is 1.22. The summed E-state index contributed by atoms with van der Waals surface area (Å²) in [5.74, 6) is -0.528. The van der Waals surface area contributed by atoms with E-state index in [1.54, 1.807) is 6.08 Å². The first-order valence-electron chi connectivity index (χ1n) is 12.8. The van der Waals surface area contributed by atoms with E-state index >= 15 is 0 Å². The van der Waals surface area contributed by atoms with Gasteiger partial charge in [-0.15, -0.1) is 0 Å². The van der Waals surface area contributed by atoms with Crippen LogP contribution in [0.1, 0.15) is 65.2 Å². The molecule has 5 aliphatic rings. The summed E-state index contributed by atoms with van der Waals surface area (Å²) in [4.78, 5) is 28.8. The molecular weight excluding hydrogens is 422 g/mol. The topological polar surface area (TPSA) is 118 Å². The lowest BCUT2D eigenvalue weighted by atomic mass is 9.46. The van der Waals surface area contributed by atoms with Crippen molar-refractivity contribution in [2.24, 2.45) is 28.6 Å². The number of rotatable bonds is 3. The molecule has 184 valence electrons. The first-order valence-corrected chi connectivity index (χ1v) is 12.8. The van der Waals surface area contributed by atoms with E-state index in [0.29, 0.717) is 45.1 Å². The zero-order chi connectivity index (χ0) is 23.8. The summed E-state index contributed by atoms with van der Waals surface area (Å²) in [5, 5.41) is 42.5. The smallest absolute Gasteiger partial charge is 0.159 e. The van der Waals surface area contributed by atoms with Crippen molar-refractivity contribution in [2.75, 3.05) is 19.6 Å². The predicted molar refractivity (Wildman–Crippen MR) is 121 cm³/mol. The molecule has 1 aliphatic heterocycles. The lowest BCUT2D eigenvalue weighted by Gasteiger charge is -2.59. The minimum absolute atomic E-state index is 0.0298. The van der Waals surface area contributed by atoms with E-state index in [-0.39, 0.29) is 41.8 Å². The number of nitrogens with zero attached hydrogens (tertiary/aromatic N) is 1. The zero-order valence-corrected chi connectivity index (χ0v) is 19.9. The maximum Gasteiger partial charge on any atom is 0.159 e. The molecule has 1 heterocycles. The average Bonchev–Trinajstić information content (AvgIpc) is 3.04. The molecule has 4 N–H and O–H groups in total. The number of carbonyl (C=O) groups is 2. The molecule has 8 atom stereocenters. The quantitative estimate of drug-likeness (QED) is 0.499. The van der Waals surface area contributed by atoms with E-state index in [1.807, 2.05) is 13.8 Å². The van der Waals surface area contributed by atoms with Crippen molar-refractivity contribution in [1.29, 1.82) is 0 Å². The van der Waals surface area contributed by atoms with Crippen molar-refractivity contribution in [1.82, 2.24) is 4.90 Å². The van der Waals surface area contributed by atoms with Gasteiger partial charge in [0.05, 0.1) is 30.5 Å². The number of aliphatic hydroxyl groups excluding tert-OH is 3. The Balaban J connectivity index is 1.41. The molecule has 4 aliphatic carbocycles. The fourth-order valence-corrected chi connectivity index (χ4v) is 8.29. The maximum absolute atomic E-state index is 13.4. The minimum Gasteiger partial charge on any atom is -0.393 e.